The first-order valence-electron chi connectivity index (χ1n) is 9.58. The van der Waals surface area contributed by atoms with Crippen LogP contribution in [0.4, 0.5) is 17.2 Å². The number of H-pyrrole nitrogens is 1. The van der Waals surface area contributed by atoms with Crippen LogP contribution in [0.25, 0.3) is 11.3 Å². The monoisotopic (exact) mass is 374 g/mol. The number of carbonyl (C=O) groups excluding carboxylic acids is 1. The molecule has 0 saturated heterocycles. The predicted molar refractivity (Wildman–Crippen MR) is 115 cm³/mol. The molecule has 1 aromatic carbocycles. The molecule has 0 bridgehead atoms. The molecule has 0 unspecified atom stereocenters. The number of anilines is 3. The zero-order valence-electron chi connectivity index (χ0n) is 16.8. The van der Waals surface area contributed by atoms with Gasteiger partial charge in [-0.2, -0.15) is 0 Å². The molecule has 0 radical (unpaired) electrons. The van der Waals surface area contributed by atoms with E-state index in [1.807, 2.05) is 67.7 Å². The number of benzene rings is 1. The van der Waals surface area contributed by atoms with Gasteiger partial charge in [-0.1, -0.05) is 32.0 Å². The number of carbonyl (C=O) groups is 1. The molecule has 5 heteroatoms. The minimum Gasteiger partial charge on any atom is -0.363 e. The van der Waals surface area contributed by atoms with Crippen molar-refractivity contribution < 1.29 is 4.79 Å². The Hall–Kier alpha value is -3.08. The predicted octanol–water partition coefficient (Wildman–Crippen LogP) is 5.04. The highest BCUT2D eigenvalue weighted by Gasteiger charge is 2.35. The molecule has 3 aromatic rings. The highest BCUT2D eigenvalue weighted by molar-refractivity contribution is 6.07. The Morgan fingerprint density at radius 2 is 1.86 bits per heavy atom. The van der Waals surface area contributed by atoms with Crippen molar-refractivity contribution >= 4 is 23.0 Å². The van der Waals surface area contributed by atoms with Crippen LogP contribution in [0.3, 0.4) is 0 Å². The normalized spacial score (nSPS) is 15.2. The maximum absolute atomic E-state index is 13.1. The van der Waals surface area contributed by atoms with Gasteiger partial charge in [0, 0.05) is 43.7 Å². The number of hydrogen-bond acceptors (Lipinski definition) is 4. The van der Waals surface area contributed by atoms with Crippen molar-refractivity contribution in [2.45, 2.75) is 26.7 Å². The molecular formula is C23H26N4O. The van der Waals surface area contributed by atoms with Crippen LogP contribution in [-0.4, -0.2) is 29.8 Å². The van der Waals surface area contributed by atoms with E-state index in [9.17, 15) is 4.79 Å². The molecule has 2 aromatic heterocycles. The largest absolute Gasteiger partial charge is 0.363 e. The summed E-state index contributed by atoms with van der Waals surface area (Å²) >= 11 is 0. The van der Waals surface area contributed by atoms with E-state index in [-0.39, 0.29) is 11.2 Å². The molecule has 0 spiro atoms. The molecule has 1 aliphatic rings. The second-order valence-electron chi connectivity index (χ2n) is 8.46. The summed E-state index contributed by atoms with van der Waals surface area (Å²) < 4.78 is 0. The van der Waals surface area contributed by atoms with Crippen LogP contribution in [0, 0.1) is 5.41 Å². The molecule has 28 heavy (non-hydrogen) atoms. The zero-order chi connectivity index (χ0) is 19.9. The Kier molecular flexibility index (Phi) is 4.46. The van der Waals surface area contributed by atoms with Gasteiger partial charge < -0.3 is 15.2 Å². The van der Waals surface area contributed by atoms with Crippen molar-refractivity contribution in [3.63, 3.8) is 0 Å². The van der Waals surface area contributed by atoms with Crippen LogP contribution < -0.4 is 10.2 Å². The van der Waals surface area contributed by atoms with Gasteiger partial charge in [0.1, 0.15) is 5.82 Å². The first-order chi connectivity index (χ1) is 13.3. The van der Waals surface area contributed by atoms with Crippen molar-refractivity contribution in [1.29, 1.82) is 0 Å². The maximum Gasteiger partial charge on any atom is 0.167 e. The molecular weight excluding hydrogens is 348 g/mol. The fourth-order valence-corrected chi connectivity index (χ4v) is 3.88. The summed E-state index contributed by atoms with van der Waals surface area (Å²) in [5.41, 5.74) is 5.54. The molecule has 5 nitrogen and oxygen atoms in total. The number of nitrogens with one attached hydrogen (secondary N) is 2. The molecule has 2 N–H and O–H groups in total. The number of Topliss-reactive ketones (excluding diaryl/α,β-unsaturated/α-hetero) is 1. The summed E-state index contributed by atoms with van der Waals surface area (Å²) in [6.07, 6.45) is 3.21. The second-order valence-corrected chi connectivity index (χ2v) is 8.46. The van der Waals surface area contributed by atoms with Crippen LogP contribution in [-0.2, 0) is 6.42 Å². The van der Waals surface area contributed by atoms with Crippen LogP contribution in [0.5, 0.6) is 0 Å². The fraction of sp³-hybridized carbons (Fsp3) is 0.304. The van der Waals surface area contributed by atoms with E-state index < -0.39 is 0 Å². The number of ketones is 1. The molecule has 0 amide bonds. The van der Waals surface area contributed by atoms with Gasteiger partial charge >= 0.3 is 0 Å². The second kappa shape index (κ2) is 6.82. The number of hydrogen-bond donors (Lipinski definition) is 2. The molecule has 4 rings (SSSR count). The van der Waals surface area contributed by atoms with Gasteiger partial charge in [0.15, 0.2) is 5.78 Å². The zero-order valence-corrected chi connectivity index (χ0v) is 16.8. The molecule has 0 fully saturated rings. The molecule has 0 aliphatic heterocycles. The first kappa shape index (κ1) is 18.3. The lowest BCUT2D eigenvalue weighted by Gasteiger charge is -2.28. The maximum atomic E-state index is 13.1. The smallest absolute Gasteiger partial charge is 0.167 e. The van der Waals surface area contributed by atoms with E-state index in [2.05, 4.69) is 29.1 Å². The van der Waals surface area contributed by atoms with Gasteiger partial charge in [-0.25, -0.2) is 4.98 Å². The Balaban J connectivity index is 1.88. The van der Waals surface area contributed by atoms with Crippen molar-refractivity contribution in [3.05, 3.63) is 59.9 Å². The topological polar surface area (TPSA) is 61.0 Å². The minimum absolute atomic E-state index is 0.0384. The van der Waals surface area contributed by atoms with Crippen molar-refractivity contribution in [2.75, 3.05) is 24.3 Å². The third-order valence-corrected chi connectivity index (χ3v) is 5.19. The van der Waals surface area contributed by atoms with Crippen LogP contribution in [0.15, 0.2) is 48.7 Å². The minimum atomic E-state index is -0.0384. The highest BCUT2D eigenvalue weighted by Crippen LogP contribution is 2.43. The third kappa shape index (κ3) is 3.40. The molecule has 2 heterocycles. The number of pyridine rings is 1. The van der Waals surface area contributed by atoms with Crippen molar-refractivity contribution in [2.24, 2.45) is 5.41 Å². The van der Waals surface area contributed by atoms with E-state index in [4.69, 9.17) is 0 Å². The van der Waals surface area contributed by atoms with E-state index in [1.54, 1.807) is 0 Å². The van der Waals surface area contributed by atoms with E-state index in [0.717, 1.165) is 46.1 Å². The SMILES string of the molecule is CN(C)c1cc(-c2[nH]c3c(c2Nc2ccccc2)C(=O)CC(C)(C)C3)ccn1. The van der Waals surface area contributed by atoms with Gasteiger partial charge in [-0.3, -0.25) is 4.79 Å². The lowest BCUT2D eigenvalue weighted by molar-refractivity contribution is 0.0912. The van der Waals surface area contributed by atoms with Gasteiger partial charge in [0.25, 0.3) is 0 Å². The molecule has 0 atom stereocenters. The van der Waals surface area contributed by atoms with Crippen LogP contribution in [0.1, 0.15) is 36.3 Å². The number of fused-ring (bicyclic) bond motifs is 1. The van der Waals surface area contributed by atoms with Crippen molar-refractivity contribution in [1.82, 2.24) is 9.97 Å². The van der Waals surface area contributed by atoms with E-state index >= 15 is 0 Å². The standard InChI is InChI=1S/C23H26N4O/c1-23(2)13-17-20(18(28)14-23)22(25-16-8-6-5-7-9-16)21(26-17)15-10-11-24-19(12-15)27(3)4/h5-12,25-26H,13-14H2,1-4H3. The summed E-state index contributed by atoms with van der Waals surface area (Å²) in [6.45, 7) is 4.30. The Morgan fingerprint density at radius 1 is 1.11 bits per heavy atom. The average molecular weight is 374 g/mol. The Bertz CT molecular complexity index is 1020. The molecule has 1 aliphatic carbocycles. The molecule has 144 valence electrons. The van der Waals surface area contributed by atoms with Crippen LogP contribution in [0.2, 0.25) is 0 Å². The summed E-state index contributed by atoms with van der Waals surface area (Å²) in [4.78, 5) is 23.0. The van der Waals surface area contributed by atoms with E-state index in [0.29, 0.717) is 6.42 Å². The number of nitrogens with zero attached hydrogens (tertiary/aromatic N) is 2. The first-order valence-corrected chi connectivity index (χ1v) is 9.58. The van der Waals surface area contributed by atoms with E-state index in [1.165, 1.54) is 0 Å². The van der Waals surface area contributed by atoms with Crippen LogP contribution >= 0.6 is 0 Å². The summed E-state index contributed by atoms with van der Waals surface area (Å²) in [7, 11) is 3.95. The van der Waals surface area contributed by atoms with Crippen molar-refractivity contribution in [3.8, 4) is 11.3 Å². The number of rotatable bonds is 4. The lowest BCUT2D eigenvalue weighted by Crippen LogP contribution is -2.26. The number of para-hydroxylation sites is 1. The summed E-state index contributed by atoms with van der Waals surface area (Å²) in [5.74, 6) is 1.07. The molecule has 0 saturated carbocycles. The average Bonchev–Trinajstić information content (AvgIpc) is 2.99. The van der Waals surface area contributed by atoms with Gasteiger partial charge in [-0.05, 0) is 36.1 Å². The quantitative estimate of drug-likeness (QED) is 0.671. The third-order valence-electron chi connectivity index (χ3n) is 5.19. The highest BCUT2D eigenvalue weighted by atomic mass is 16.1. The number of aromatic amines is 1. The Labute approximate surface area is 165 Å². The van der Waals surface area contributed by atoms with Gasteiger partial charge in [0.05, 0.1) is 16.9 Å². The van der Waals surface area contributed by atoms with Gasteiger partial charge in [-0.15, -0.1) is 0 Å². The lowest BCUT2D eigenvalue weighted by atomic mass is 9.76. The number of aromatic nitrogens is 2. The van der Waals surface area contributed by atoms with Gasteiger partial charge in [0.2, 0.25) is 0 Å². The Morgan fingerprint density at radius 3 is 2.57 bits per heavy atom. The summed E-state index contributed by atoms with van der Waals surface area (Å²) in [6, 6.07) is 14.0. The fourth-order valence-electron chi connectivity index (χ4n) is 3.88. The summed E-state index contributed by atoms with van der Waals surface area (Å²) in [5, 5.41) is 3.50.